The van der Waals surface area contributed by atoms with Crippen molar-refractivity contribution in [1.29, 1.82) is 5.26 Å². The Bertz CT molecular complexity index is 599. The Balaban J connectivity index is 2.40. The van der Waals surface area contributed by atoms with E-state index in [2.05, 4.69) is 0 Å². The van der Waals surface area contributed by atoms with Crippen molar-refractivity contribution >= 4 is 5.78 Å². The lowest BCUT2D eigenvalue weighted by Crippen LogP contribution is -2.11. The summed E-state index contributed by atoms with van der Waals surface area (Å²) in [7, 11) is 0. The van der Waals surface area contributed by atoms with Crippen LogP contribution in [0.25, 0.3) is 0 Å². The Morgan fingerprint density at radius 1 is 1.06 bits per heavy atom. The summed E-state index contributed by atoms with van der Waals surface area (Å²) in [5.41, 5.74) is 0.807. The van der Waals surface area contributed by atoms with Crippen LogP contribution < -0.4 is 0 Å². The minimum Gasteiger partial charge on any atom is -0.508 e. The zero-order valence-corrected chi connectivity index (χ0v) is 9.58. The van der Waals surface area contributed by atoms with E-state index in [1.165, 1.54) is 6.07 Å². The molecule has 0 radical (unpaired) electrons. The van der Waals surface area contributed by atoms with Gasteiger partial charge in [0.1, 0.15) is 11.7 Å². The number of rotatable bonds is 3. The lowest BCUT2D eigenvalue weighted by Gasteiger charge is -2.10. The fourth-order valence-electron chi connectivity index (χ4n) is 1.77. The minimum absolute atomic E-state index is 0.0340. The van der Waals surface area contributed by atoms with Crippen molar-refractivity contribution < 1.29 is 9.90 Å². The second-order valence-corrected chi connectivity index (χ2v) is 3.85. The molecule has 2 aromatic rings. The van der Waals surface area contributed by atoms with Gasteiger partial charge in [-0.05, 0) is 6.07 Å². The van der Waals surface area contributed by atoms with Gasteiger partial charge in [-0.15, -0.1) is 0 Å². The van der Waals surface area contributed by atoms with Crippen LogP contribution in [0.2, 0.25) is 0 Å². The zero-order valence-electron chi connectivity index (χ0n) is 9.58. The van der Waals surface area contributed by atoms with Crippen LogP contribution >= 0.6 is 0 Å². The number of para-hydroxylation sites is 1. The van der Waals surface area contributed by atoms with Crippen LogP contribution in [0.15, 0.2) is 54.6 Å². The molecule has 0 aliphatic heterocycles. The first-order chi connectivity index (χ1) is 8.74. The molecule has 1 unspecified atom stereocenters. The number of carbonyl (C=O) groups is 1. The van der Waals surface area contributed by atoms with E-state index in [9.17, 15) is 9.90 Å². The number of aromatic hydroxyl groups is 1. The maximum atomic E-state index is 12.2. The Hall–Kier alpha value is -2.60. The molecule has 2 rings (SSSR count). The van der Waals surface area contributed by atoms with Gasteiger partial charge in [-0.25, -0.2) is 0 Å². The molecule has 18 heavy (non-hydrogen) atoms. The molecule has 0 saturated heterocycles. The summed E-state index contributed by atoms with van der Waals surface area (Å²) in [4.78, 5) is 12.2. The van der Waals surface area contributed by atoms with E-state index < -0.39 is 5.92 Å². The van der Waals surface area contributed by atoms with Gasteiger partial charge in [0.05, 0.1) is 6.07 Å². The molecule has 2 aromatic carbocycles. The van der Waals surface area contributed by atoms with Crippen LogP contribution in [0.5, 0.6) is 5.75 Å². The summed E-state index contributed by atoms with van der Waals surface area (Å²) in [5.74, 6) is -1.32. The number of Topliss-reactive ketones (excluding diaryl/α,β-unsaturated/α-hetero) is 1. The quantitative estimate of drug-likeness (QED) is 0.835. The largest absolute Gasteiger partial charge is 0.508 e. The van der Waals surface area contributed by atoms with E-state index in [-0.39, 0.29) is 11.5 Å². The normalized spacial score (nSPS) is 11.5. The van der Waals surface area contributed by atoms with Crippen molar-refractivity contribution in [3.05, 3.63) is 65.7 Å². The number of carbonyl (C=O) groups excluding carboxylic acids is 1. The molecule has 0 aliphatic rings. The summed E-state index contributed by atoms with van der Waals surface area (Å²) in [6.45, 7) is 0. The highest BCUT2D eigenvalue weighted by Gasteiger charge is 2.23. The van der Waals surface area contributed by atoms with E-state index in [1.54, 1.807) is 48.5 Å². The van der Waals surface area contributed by atoms with Crippen molar-refractivity contribution in [1.82, 2.24) is 0 Å². The van der Waals surface area contributed by atoms with Crippen molar-refractivity contribution in [2.75, 3.05) is 0 Å². The molecule has 1 N–H and O–H groups in total. The van der Waals surface area contributed by atoms with Crippen LogP contribution in [0.1, 0.15) is 21.8 Å². The average Bonchev–Trinajstić information content (AvgIpc) is 2.42. The molecule has 3 heteroatoms. The first kappa shape index (κ1) is 11.9. The van der Waals surface area contributed by atoms with Gasteiger partial charge < -0.3 is 5.11 Å². The second kappa shape index (κ2) is 5.15. The molecule has 0 amide bonds. The number of nitriles is 1. The van der Waals surface area contributed by atoms with E-state index in [4.69, 9.17) is 5.26 Å². The van der Waals surface area contributed by atoms with E-state index in [1.807, 2.05) is 6.07 Å². The van der Waals surface area contributed by atoms with Crippen molar-refractivity contribution in [3.63, 3.8) is 0 Å². The van der Waals surface area contributed by atoms with E-state index in [0.717, 1.165) is 0 Å². The predicted molar refractivity (Wildman–Crippen MR) is 67.2 cm³/mol. The third-order valence-electron chi connectivity index (χ3n) is 2.70. The van der Waals surface area contributed by atoms with E-state index in [0.29, 0.717) is 11.1 Å². The lowest BCUT2D eigenvalue weighted by atomic mass is 9.91. The third-order valence-corrected chi connectivity index (χ3v) is 2.70. The zero-order chi connectivity index (χ0) is 13.0. The maximum Gasteiger partial charge on any atom is 0.184 e. The van der Waals surface area contributed by atoms with Crippen molar-refractivity contribution in [2.24, 2.45) is 0 Å². The molecule has 0 fully saturated rings. The third kappa shape index (κ3) is 2.23. The van der Waals surface area contributed by atoms with Gasteiger partial charge in [0.2, 0.25) is 0 Å². The van der Waals surface area contributed by atoms with Crippen LogP contribution in [-0.4, -0.2) is 10.9 Å². The second-order valence-electron chi connectivity index (χ2n) is 3.85. The first-order valence-electron chi connectivity index (χ1n) is 5.51. The number of ketones is 1. The maximum absolute atomic E-state index is 12.2. The fourth-order valence-corrected chi connectivity index (χ4v) is 1.77. The van der Waals surface area contributed by atoms with Crippen LogP contribution in [0.3, 0.4) is 0 Å². The van der Waals surface area contributed by atoms with Gasteiger partial charge >= 0.3 is 0 Å². The molecular formula is C15H11NO2. The molecule has 88 valence electrons. The van der Waals surface area contributed by atoms with Crippen LogP contribution in [-0.2, 0) is 0 Å². The molecule has 0 spiro atoms. The molecule has 0 saturated carbocycles. The first-order valence-corrected chi connectivity index (χ1v) is 5.51. The Morgan fingerprint density at radius 3 is 2.28 bits per heavy atom. The summed E-state index contributed by atoms with van der Waals surface area (Å²) in [6, 6.07) is 17.0. The highest BCUT2D eigenvalue weighted by Crippen LogP contribution is 2.27. The monoisotopic (exact) mass is 237 g/mol. The highest BCUT2D eigenvalue weighted by atomic mass is 16.3. The van der Waals surface area contributed by atoms with Crippen molar-refractivity contribution in [2.45, 2.75) is 5.92 Å². The average molecular weight is 237 g/mol. The van der Waals surface area contributed by atoms with Gasteiger partial charge in [-0.1, -0.05) is 48.5 Å². The predicted octanol–water partition coefficient (Wildman–Crippen LogP) is 2.88. The summed E-state index contributed by atoms with van der Waals surface area (Å²) < 4.78 is 0. The SMILES string of the molecule is N#CC(C(=O)c1ccccc1)c1ccccc1O. The van der Waals surface area contributed by atoms with Gasteiger partial charge in [0, 0.05) is 11.1 Å². The summed E-state index contributed by atoms with van der Waals surface area (Å²) in [5, 5.41) is 18.9. The number of phenolic OH excluding ortho intramolecular Hbond substituents is 1. The Morgan fingerprint density at radius 2 is 1.67 bits per heavy atom. The Labute approximate surface area is 105 Å². The molecular weight excluding hydrogens is 226 g/mol. The minimum atomic E-state index is -0.978. The fraction of sp³-hybridized carbons (Fsp3) is 0.0667. The highest BCUT2D eigenvalue weighted by molar-refractivity contribution is 6.03. The number of benzene rings is 2. The van der Waals surface area contributed by atoms with Crippen LogP contribution in [0, 0.1) is 11.3 Å². The number of nitrogens with zero attached hydrogens (tertiary/aromatic N) is 1. The molecule has 1 atom stereocenters. The number of hydrogen-bond acceptors (Lipinski definition) is 3. The summed E-state index contributed by atoms with van der Waals surface area (Å²) >= 11 is 0. The molecule has 0 bridgehead atoms. The topological polar surface area (TPSA) is 61.1 Å². The lowest BCUT2D eigenvalue weighted by molar-refractivity contribution is 0.0977. The van der Waals surface area contributed by atoms with E-state index >= 15 is 0 Å². The number of hydrogen-bond donors (Lipinski definition) is 1. The van der Waals surface area contributed by atoms with Crippen LogP contribution in [0.4, 0.5) is 0 Å². The van der Waals surface area contributed by atoms with Gasteiger partial charge in [-0.2, -0.15) is 5.26 Å². The summed E-state index contributed by atoms with van der Waals surface area (Å²) in [6.07, 6.45) is 0. The standard InChI is InChI=1S/C15H11NO2/c16-10-13(12-8-4-5-9-14(12)17)15(18)11-6-2-1-3-7-11/h1-9,13,17H. The molecule has 0 heterocycles. The smallest absolute Gasteiger partial charge is 0.184 e. The molecule has 3 nitrogen and oxygen atoms in total. The van der Waals surface area contributed by atoms with Gasteiger partial charge in [-0.3, -0.25) is 4.79 Å². The Kier molecular flexibility index (Phi) is 3.40. The van der Waals surface area contributed by atoms with Gasteiger partial charge in [0.25, 0.3) is 0 Å². The van der Waals surface area contributed by atoms with Gasteiger partial charge in [0.15, 0.2) is 5.78 Å². The van der Waals surface area contributed by atoms with Crippen molar-refractivity contribution in [3.8, 4) is 11.8 Å². The number of phenols is 1. The molecule has 0 aliphatic carbocycles. The molecule has 0 aromatic heterocycles.